The third kappa shape index (κ3) is 3.69. The molecule has 0 radical (unpaired) electrons. The topological polar surface area (TPSA) is 66.8 Å². The second kappa shape index (κ2) is 5.69. The zero-order valence-electron chi connectivity index (χ0n) is 8.11. The fraction of sp³-hybridized carbons (Fsp3) is 1.00. The fourth-order valence-electron chi connectivity index (χ4n) is 0.665. The van der Waals surface area contributed by atoms with Crippen LogP contribution in [0.15, 0.2) is 0 Å². The van der Waals surface area contributed by atoms with E-state index in [1.807, 2.05) is 0 Å². The van der Waals surface area contributed by atoms with Crippen LogP contribution >= 0.6 is 30.8 Å². The summed E-state index contributed by atoms with van der Waals surface area (Å²) < 4.78 is 14.4. The molecule has 1 unspecified atom stereocenters. The van der Waals surface area contributed by atoms with Crippen molar-refractivity contribution in [2.45, 2.75) is 24.3 Å². The molecule has 86 valence electrons. The van der Waals surface area contributed by atoms with Crippen LogP contribution in [-0.4, -0.2) is 27.3 Å². The molecule has 0 saturated carbocycles. The lowest BCUT2D eigenvalue weighted by Crippen LogP contribution is -2.22. The van der Waals surface area contributed by atoms with Crippen molar-refractivity contribution in [2.75, 3.05) is 13.2 Å². The zero-order chi connectivity index (χ0) is 11.4. The molecule has 0 rings (SSSR count). The Morgan fingerprint density at radius 3 is 2.36 bits per heavy atom. The summed E-state index contributed by atoms with van der Waals surface area (Å²) in [6.45, 7) is 3.09. The highest BCUT2D eigenvalue weighted by atomic mass is 35.5. The third-order valence-corrected chi connectivity index (χ3v) is 5.60. The molecule has 0 bridgehead atoms. The van der Waals surface area contributed by atoms with Gasteiger partial charge in [0.2, 0.25) is 4.07 Å². The summed E-state index contributed by atoms with van der Waals surface area (Å²) in [6.07, 6.45) is 0.270. The van der Waals surface area contributed by atoms with Crippen LogP contribution in [0.4, 0.5) is 0 Å². The van der Waals surface area contributed by atoms with Gasteiger partial charge >= 0.3 is 7.60 Å². The van der Waals surface area contributed by atoms with Gasteiger partial charge in [-0.1, -0.05) is 37.0 Å². The molecule has 0 aliphatic heterocycles. The number of aliphatic hydroxyl groups is 1. The van der Waals surface area contributed by atoms with Crippen LogP contribution in [0.1, 0.15) is 20.3 Å². The number of hydrogen-bond donors (Lipinski definition) is 2. The molecule has 0 aromatic rings. The largest absolute Gasteiger partial charge is 0.396 e. The molecule has 0 heterocycles. The first kappa shape index (κ1) is 14.7. The van der Waals surface area contributed by atoms with E-state index in [-0.39, 0.29) is 19.6 Å². The highest BCUT2D eigenvalue weighted by Gasteiger charge is 2.48. The maximum atomic E-state index is 11.5. The zero-order valence-corrected chi connectivity index (χ0v) is 10.5. The minimum Gasteiger partial charge on any atom is -0.396 e. The number of halogens is 2. The first-order valence-electron chi connectivity index (χ1n) is 4.21. The van der Waals surface area contributed by atoms with Gasteiger partial charge in [-0.3, -0.25) is 4.57 Å². The highest BCUT2D eigenvalue weighted by molar-refractivity contribution is 7.59. The maximum Gasteiger partial charge on any atom is 0.364 e. The van der Waals surface area contributed by atoms with Crippen molar-refractivity contribution < 1.29 is 19.1 Å². The van der Waals surface area contributed by atoms with E-state index in [0.29, 0.717) is 0 Å². The van der Waals surface area contributed by atoms with Gasteiger partial charge < -0.3 is 14.5 Å². The van der Waals surface area contributed by atoms with Crippen LogP contribution in [0.3, 0.4) is 0 Å². The summed E-state index contributed by atoms with van der Waals surface area (Å²) in [6, 6.07) is 0. The lowest BCUT2D eigenvalue weighted by atomic mass is 10.3. The second-order valence-corrected chi connectivity index (χ2v) is 7.09. The number of hydrogen-bond acceptors (Lipinski definition) is 3. The fourth-order valence-corrected chi connectivity index (χ4v) is 2.16. The Morgan fingerprint density at radius 2 is 2.00 bits per heavy atom. The van der Waals surface area contributed by atoms with Gasteiger partial charge in [0.25, 0.3) is 0 Å². The van der Waals surface area contributed by atoms with Gasteiger partial charge in [-0.15, -0.1) is 0 Å². The van der Waals surface area contributed by atoms with E-state index in [0.717, 1.165) is 0 Å². The first-order valence-corrected chi connectivity index (χ1v) is 6.55. The number of rotatable bonds is 6. The average Bonchev–Trinajstić information content (AvgIpc) is 2.04. The average molecular weight is 265 g/mol. The van der Waals surface area contributed by atoms with E-state index < -0.39 is 17.6 Å². The van der Waals surface area contributed by atoms with Gasteiger partial charge in [-0.05, 0) is 12.3 Å². The van der Waals surface area contributed by atoms with Crippen LogP contribution in [0.25, 0.3) is 0 Å². The highest BCUT2D eigenvalue weighted by Crippen LogP contribution is 2.63. The van der Waals surface area contributed by atoms with Gasteiger partial charge in [0.15, 0.2) is 0 Å². The van der Waals surface area contributed by atoms with Crippen LogP contribution in [0.2, 0.25) is 0 Å². The van der Waals surface area contributed by atoms with Crippen molar-refractivity contribution in [3.63, 3.8) is 0 Å². The second-order valence-electron chi connectivity index (χ2n) is 3.17. The lowest BCUT2D eigenvalue weighted by molar-refractivity contribution is 0.208. The van der Waals surface area contributed by atoms with E-state index in [4.69, 9.17) is 28.3 Å². The predicted molar refractivity (Wildman–Crippen MR) is 56.8 cm³/mol. The van der Waals surface area contributed by atoms with Crippen molar-refractivity contribution in [1.29, 1.82) is 0 Å². The van der Waals surface area contributed by atoms with Crippen LogP contribution in [-0.2, 0) is 9.09 Å². The predicted octanol–water partition coefficient (Wildman–Crippen LogP) is 2.36. The molecular weight excluding hydrogens is 250 g/mol. The Kier molecular flexibility index (Phi) is 5.97. The van der Waals surface area contributed by atoms with E-state index in [1.54, 1.807) is 13.8 Å². The number of aliphatic hydroxyl groups excluding tert-OH is 1. The molecule has 0 fully saturated rings. The Labute approximate surface area is 93.7 Å². The Morgan fingerprint density at radius 1 is 1.50 bits per heavy atom. The monoisotopic (exact) mass is 264 g/mol. The van der Waals surface area contributed by atoms with Gasteiger partial charge in [0, 0.05) is 6.61 Å². The van der Waals surface area contributed by atoms with Crippen LogP contribution in [0, 0.1) is 5.92 Å². The lowest BCUT2D eigenvalue weighted by Gasteiger charge is -2.28. The van der Waals surface area contributed by atoms with Crippen molar-refractivity contribution in [2.24, 2.45) is 5.92 Å². The van der Waals surface area contributed by atoms with E-state index in [1.165, 1.54) is 0 Å². The smallest absolute Gasteiger partial charge is 0.364 e. The summed E-state index contributed by atoms with van der Waals surface area (Å²) in [7, 11) is -4.06. The van der Waals surface area contributed by atoms with Crippen molar-refractivity contribution in [3.8, 4) is 0 Å². The van der Waals surface area contributed by atoms with Gasteiger partial charge in [-0.2, -0.15) is 0 Å². The molecule has 4 nitrogen and oxygen atoms in total. The third-order valence-electron chi connectivity index (χ3n) is 1.64. The SMILES string of the molecule is CC(C)C(Cl)(Cl)P(=O)(O)OCCCO. The molecule has 1 atom stereocenters. The Hall–Kier alpha value is 0.690. The van der Waals surface area contributed by atoms with E-state index in [9.17, 15) is 9.46 Å². The molecule has 7 heteroatoms. The molecule has 0 amide bonds. The molecule has 0 aliphatic carbocycles. The molecular formula is C7H15Cl2O4P. The molecule has 0 spiro atoms. The Balaban J connectivity index is 4.37. The van der Waals surface area contributed by atoms with Crippen molar-refractivity contribution in [3.05, 3.63) is 0 Å². The van der Waals surface area contributed by atoms with Crippen molar-refractivity contribution >= 4 is 30.8 Å². The maximum absolute atomic E-state index is 11.5. The van der Waals surface area contributed by atoms with Crippen molar-refractivity contribution in [1.82, 2.24) is 0 Å². The molecule has 14 heavy (non-hydrogen) atoms. The summed E-state index contributed by atoms with van der Waals surface area (Å²) in [5, 5.41) is 8.46. The van der Waals surface area contributed by atoms with E-state index in [2.05, 4.69) is 4.52 Å². The summed E-state index contributed by atoms with van der Waals surface area (Å²) in [5.74, 6) is -0.407. The molecule has 0 aromatic carbocycles. The number of alkyl halides is 2. The first-order chi connectivity index (χ1) is 6.25. The minimum atomic E-state index is -4.06. The van der Waals surface area contributed by atoms with Crippen LogP contribution in [0.5, 0.6) is 0 Å². The van der Waals surface area contributed by atoms with Gasteiger partial charge in [0.05, 0.1) is 6.61 Å². The minimum absolute atomic E-state index is 0.0435. The summed E-state index contributed by atoms with van der Waals surface area (Å²) in [5.41, 5.74) is 0. The summed E-state index contributed by atoms with van der Waals surface area (Å²) >= 11 is 11.4. The molecule has 0 aliphatic rings. The normalized spacial score (nSPS) is 17.1. The van der Waals surface area contributed by atoms with Crippen LogP contribution < -0.4 is 0 Å². The standard InChI is InChI=1S/C7H15Cl2O4P/c1-6(2)7(8,9)14(11,12)13-5-3-4-10/h6,10H,3-5H2,1-2H3,(H,11,12). The summed E-state index contributed by atoms with van der Waals surface area (Å²) in [4.78, 5) is 9.43. The quantitative estimate of drug-likeness (QED) is 0.439. The Bertz CT molecular complexity index is 220. The van der Waals surface area contributed by atoms with Gasteiger partial charge in [-0.25, -0.2) is 0 Å². The molecule has 0 aromatic heterocycles. The van der Waals surface area contributed by atoms with E-state index >= 15 is 0 Å². The molecule has 2 N–H and O–H groups in total. The van der Waals surface area contributed by atoms with Gasteiger partial charge in [0.1, 0.15) is 0 Å². The molecule has 0 saturated heterocycles.